The molecule has 18 heavy (non-hydrogen) atoms. The molecular weight excluding hydrogens is 239 g/mol. The number of ether oxygens (including phenoxy) is 1. The maximum Gasteiger partial charge on any atom is 0.523 e. The monoisotopic (exact) mass is 252 g/mol. The van der Waals surface area contributed by atoms with Gasteiger partial charge in [0.15, 0.2) is 0 Å². The molecule has 1 aromatic rings. The van der Waals surface area contributed by atoms with E-state index in [1.165, 1.54) is 13.2 Å². The summed E-state index contributed by atoms with van der Waals surface area (Å²) in [5.41, 5.74) is 0.438. The second-order valence-electron chi connectivity index (χ2n) is 4.05. The van der Waals surface area contributed by atoms with Gasteiger partial charge < -0.3 is 24.6 Å². The predicted molar refractivity (Wildman–Crippen MR) is 63.2 cm³/mol. The summed E-state index contributed by atoms with van der Waals surface area (Å²) in [7, 11) is 0.233. The number of carbonyl (C=O) groups is 1. The summed E-state index contributed by atoms with van der Waals surface area (Å²) in [6.45, 7) is -0.182. The fourth-order valence-corrected chi connectivity index (χ4v) is 2.13. The fraction of sp³-hybridized carbons (Fsp3) is 0.364. The second-order valence-corrected chi connectivity index (χ2v) is 4.05. The van der Waals surface area contributed by atoms with Crippen LogP contribution < -0.4 is 9.39 Å². The summed E-state index contributed by atoms with van der Waals surface area (Å²) >= 11 is 0. The van der Waals surface area contributed by atoms with E-state index in [0.717, 1.165) is 0 Å². The minimum Gasteiger partial charge on any atom is -0.535 e. The topological polar surface area (TPSA) is 96.2 Å². The highest BCUT2D eigenvalue weighted by atomic mass is 16.5. The van der Waals surface area contributed by atoms with Crippen LogP contribution in [0.4, 0.5) is 0 Å². The van der Waals surface area contributed by atoms with E-state index in [-0.39, 0.29) is 35.9 Å². The summed E-state index contributed by atoms with van der Waals surface area (Å²) < 4.78 is 10.2. The van der Waals surface area contributed by atoms with E-state index in [2.05, 4.69) is 0 Å². The SMILES string of the molecule is COc1ccc2c(c1C(=O)O)OB(O)C[C@H]2CO. The number of carboxylic acids is 1. The van der Waals surface area contributed by atoms with Gasteiger partial charge in [0, 0.05) is 18.8 Å². The quantitative estimate of drug-likeness (QED) is 0.671. The molecule has 1 aliphatic rings. The standard InChI is InChI=1S/C11H13BO6/c1-17-8-3-2-7-6(5-13)4-12(16)18-10(7)9(8)11(14)15/h2-3,6,13,16H,4-5H2,1H3,(H,14,15)/t6-/m0/s1. The van der Waals surface area contributed by atoms with Crippen LogP contribution in [-0.2, 0) is 0 Å². The van der Waals surface area contributed by atoms with Gasteiger partial charge in [-0.3, -0.25) is 0 Å². The molecule has 0 unspecified atom stereocenters. The van der Waals surface area contributed by atoms with Gasteiger partial charge in [-0.2, -0.15) is 0 Å². The molecule has 0 amide bonds. The van der Waals surface area contributed by atoms with Crippen LogP contribution in [0, 0.1) is 0 Å². The number of carboxylic acid groups (broad SMARTS) is 1. The molecule has 1 aliphatic heterocycles. The van der Waals surface area contributed by atoms with Gasteiger partial charge in [-0.15, -0.1) is 0 Å². The third-order valence-electron chi connectivity index (χ3n) is 2.98. The van der Waals surface area contributed by atoms with Crippen LogP contribution >= 0.6 is 0 Å². The molecule has 0 fully saturated rings. The number of aliphatic hydroxyl groups is 1. The summed E-state index contributed by atoms with van der Waals surface area (Å²) in [6.07, 6.45) is 0.231. The van der Waals surface area contributed by atoms with E-state index >= 15 is 0 Å². The van der Waals surface area contributed by atoms with E-state index < -0.39 is 13.1 Å². The van der Waals surface area contributed by atoms with E-state index in [0.29, 0.717) is 5.56 Å². The molecule has 6 nitrogen and oxygen atoms in total. The lowest BCUT2D eigenvalue weighted by molar-refractivity contribution is 0.0690. The highest BCUT2D eigenvalue weighted by Crippen LogP contribution is 2.41. The molecule has 1 atom stereocenters. The lowest BCUT2D eigenvalue weighted by Gasteiger charge is -2.28. The highest BCUT2D eigenvalue weighted by molar-refractivity contribution is 6.44. The van der Waals surface area contributed by atoms with Crippen molar-refractivity contribution in [3.63, 3.8) is 0 Å². The van der Waals surface area contributed by atoms with E-state index in [1.54, 1.807) is 6.07 Å². The Bertz CT molecular complexity index is 475. The lowest BCUT2D eigenvalue weighted by Crippen LogP contribution is -2.31. The average Bonchev–Trinajstić information content (AvgIpc) is 2.35. The van der Waals surface area contributed by atoms with Crippen LogP contribution in [0.2, 0.25) is 6.32 Å². The van der Waals surface area contributed by atoms with Gasteiger partial charge in [-0.1, -0.05) is 6.07 Å². The Morgan fingerprint density at radius 3 is 2.89 bits per heavy atom. The van der Waals surface area contributed by atoms with Crippen LogP contribution in [0.1, 0.15) is 21.8 Å². The van der Waals surface area contributed by atoms with Gasteiger partial charge in [0.25, 0.3) is 0 Å². The summed E-state index contributed by atoms with van der Waals surface area (Å²) in [5.74, 6) is -1.31. The molecule has 3 N–H and O–H groups in total. The molecule has 7 heteroatoms. The maximum absolute atomic E-state index is 11.3. The molecule has 0 saturated carbocycles. The van der Waals surface area contributed by atoms with Crippen molar-refractivity contribution in [2.75, 3.05) is 13.7 Å². The zero-order valence-corrected chi connectivity index (χ0v) is 9.79. The Balaban J connectivity index is 2.61. The first-order chi connectivity index (χ1) is 8.58. The van der Waals surface area contributed by atoms with Gasteiger partial charge >= 0.3 is 13.1 Å². The Labute approximate surface area is 104 Å². The predicted octanol–water partition coefficient (Wildman–Crippen LogP) is 0.342. The van der Waals surface area contributed by atoms with Crippen LogP contribution in [0.5, 0.6) is 11.5 Å². The number of aliphatic hydroxyl groups excluding tert-OH is 1. The highest BCUT2D eigenvalue weighted by Gasteiger charge is 2.35. The van der Waals surface area contributed by atoms with Crippen molar-refractivity contribution in [1.29, 1.82) is 0 Å². The summed E-state index contributed by atoms with van der Waals surface area (Å²) in [5, 5.41) is 28.0. The van der Waals surface area contributed by atoms with Gasteiger partial charge in [-0.25, -0.2) is 4.79 Å². The molecule has 0 aromatic heterocycles. The first kappa shape index (κ1) is 12.7. The molecule has 1 aromatic carbocycles. The van der Waals surface area contributed by atoms with Crippen LogP contribution in [0.25, 0.3) is 0 Å². The number of aromatic carboxylic acids is 1. The molecule has 0 aliphatic carbocycles. The molecule has 0 radical (unpaired) electrons. The van der Waals surface area contributed by atoms with Gasteiger partial charge in [0.1, 0.15) is 17.1 Å². The molecule has 2 rings (SSSR count). The first-order valence-electron chi connectivity index (χ1n) is 5.48. The second kappa shape index (κ2) is 4.87. The lowest BCUT2D eigenvalue weighted by atomic mass is 9.72. The number of benzene rings is 1. The molecule has 96 valence electrons. The van der Waals surface area contributed by atoms with Crippen molar-refractivity contribution >= 4 is 13.1 Å². The van der Waals surface area contributed by atoms with Crippen molar-refractivity contribution in [3.05, 3.63) is 23.3 Å². The largest absolute Gasteiger partial charge is 0.535 e. The number of fused-ring (bicyclic) bond motifs is 1. The Morgan fingerprint density at radius 1 is 1.61 bits per heavy atom. The van der Waals surface area contributed by atoms with Gasteiger partial charge in [0.05, 0.1) is 7.11 Å². The average molecular weight is 252 g/mol. The van der Waals surface area contributed by atoms with Gasteiger partial charge in [0.2, 0.25) is 0 Å². The van der Waals surface area contributed by atoms with Gasteiger partial charge in [-0.05, 0) is 11.6 Å². The Kier molecular flexibility index (Phi) is 3.44. The third kappa shape index (κ3) is 2.02. The minimum atomic E-state index is -1.20. The van der Waals surface area contributed by atoms with Crippen molar-refractivity contribution in [2.45, 2.75) is 12.2 Å². The van der Waals surface area contributed by atoms with Crippen LogP contribution in [0.15, 0.2) is 12.1 Å². The smallest absolute Gasteiger partial charge is 0.523 e. The fourth-order valence-electron chi connectivity index (χ4n) is 2.13. The Hall–Kier alpha value is -1.73. The van der Waals surface area contributed by atoms with Crippen molar-refractivity contribution < 1.29 is 29.4 Å². The van der Waals surface area contributed by atoms with Crippen LogP contribution in [0.3, 0.4) is 0 Å². The third-order valence-corrected chi connectivity index (χ3v) is 2.98. The molecule has 0 spiro atoms. The number of methoxy groups -OCH3 is 1. The molecule has 0 saturated heterocycles. The zero-order chi connectivity index (χ0) is 13.3. The summed E-state index contributed by atoms with van der Waals surface area (Å²) in [6, 6.07) is 3.17. The Morgan fingerprint density at radius 2 is 2.33 bits per heavy atom. The first-order valence-corrected chi connectivity index (χ1v) is 5.48. The summed E-state index contributed by atoms with van der Waals surface area (Å²) in [4.78, 5) is 11.3. The van der Waals surface area contributed by atoms with E-state index in [1.807, 2.05) is 0 Å². The number of rotatable bonds is 3. The van der Waals surface area contributed by atoms with Crippen molar-refractivity contribution in [2.24, 2.45) is 0 Å². The molecule has 0 bridgehead atoms. The normalized spacial score (nSPS) is 17.9. The minimum absolute atomic E-state index is 0.0691. The zero-order valence-electron chi connectivity index (χ0n) is 9.79. The van der Waals surface area contributed by atoms with Crippen molar-refractivity contribution in [3.8, 4) is 11.5 Å². The number of hydrogen-bond acceptors (Lipinski definition) is 5. The molecular formula is C11H13BO6. The van der Waals surface area contributed by atoms with E-state index in [9.17, 15) is 20.0 Å². The van der Waals surface area contributed by atoms with Crippen molar-refractivity contribution in [1.82, 2.24) is 0 Å². The molecule has 1 heterocycles. The van der Waals surface area contributed by atoms with Crippen LogP contribution in [-0.4, -0.2) is 42.0 Å². The number of hydrogen-bond donors (Lipinski definition) is 3. The maximum atomic E-state index is 11.3. The van der Waals surface area contributed by atoms with E-state index in [4.69, 9.17) is 9.39 Å².